The molecule has 0 rings (SSSR count). The molecular formula is C6H13NO2S. The van der Waals surface area contributed by atoms with Crippen molar-refractivity contribution in [3.63, 3.8) is 0 Å². The molecule has 0 saturated heterocycles. The molecule has 0 fully saturated rings. The van der Waals surface area contributed by atoms with E-state index in [-0.39, 0.29) is 5.75 Å². The molecule has 0 spiro atoms. The van der Waals surface area contributed by atoms with E-state index in [1.165, 1.54) is 0 Å². The summed E-state index contributed by atoms with van der Waals surface area (Å²) in [4.78, 5) is 0. The van der Waals surface area contributed by atoms with Gasteiger partial charge in [-0.05, 0) is 6.92 Å². The summed E-state index contributed by atoms with van der Waals surface area (Å²) < 4.78 is 24.0. The second-order valence-electron chi connectivity index (χ2n) is 1.85. The normalized spacial score (nSPS) is 12.6. The van der Waals surface area contributed by atoms with E-state index in [4.69, 9.17) is 0 Å². The first-order chi connectivity index (χ1) is 4.62. The lowest BCUT2D eigenvalue weighted by Gasteiger charge is -1.98. The molecule has 10 heavy (non-hydrogen) atoms. The summed E-state index contributed by atoms with van der Waals surface area (Å²) in [5.74, 6) is 0.0807. The first-order valence-electron chi connectivity index (χ1n) is 3.21. The summed E-state index contributed by atoms with van der Waals surface area (Å²) in [6.07, 6.45) is 3.33. The van der Waals surface area contributed by atoms with Gasteiger partial charge in [-0.3, -0.25) is 0 Å². The molecular weight excluding hydrogens is 150 g/mol. The Labute approximate surface area is 62.2 Å². The Morgan fingerprint density at radius 1 is 1.50 bits per heavy atom. The molecule has 0 aliphatic carbocycles. The third kappa shape index (κ3) is 4.52. The Hall–Kier alpha value is -0.350. The zero-order valence-corrected chi connectivity index (χ0v) is 7.11. The molecule has 0 aromatic rings. The number of allylic oxidation sites excluding steroid dienone is 1. The Bertz CT molecular complexity index is 194. The minimum atomic E-state index is -3.03. The van der Waals surface area contributed by atoms with Crippen LogP contribution >= 0.6 is 0 Å². The van der Waals surface area contributed by atoms with Crippen molar-refractivity contribution in [3.05, 3.63) is 12.2 Å². The predicted molar refractivity (Wildman–Crippen MR) is 42.3 cm³/mol. The van der Waals surface area contributed by atoms with Crippen LogP contribution < -0.4 is 4.72 Å². The minimum Gasteiger partial charge on any atom is -0.215 e. The third-order valence-electron chi connectivity index (χ3n) is 0.916. The Kier molecular flexibility index (Phi) is 4.31. The highest BCUT2D eigenvalue weighted by molar-refractivity contribution is 7.89. The summed E-state index contributed by atoms with van der Waals surface area (Å²) >= 11 is 0. The van der Waals surface area contributed by atoms with Gasteiger partial charge in [-0.25, -0.2) is 13.1 Å². The molecule has 0 atom stereocenters. The monoisotopic (exact) mass is 163 g/mol. The van der Waals surface area contributed by atoms with Crippen molar-refractivity contribution >= 4 is 10.0 Å². The fraction of sp³-hybridized carbons (Fsp3) is 0.667. The van der Waals surface area contributed by atoms with Crippen molar-refractivity contribution in [3.8, 4) is 0 Å². The Morgan fingerprint density at radius 2 is 2.10 bits per heavy atom. The molecule has 0 heterocycles. The van der Waals surface area contributed by atoms with Gasteiger partial charge in [0.1, 0.15) is 0 Å². The van der Waals surface area contributed by atoms with Crippen LogP contribution in [0.3, 0.4) is 0 Å². The van der Waals surface area contributed by atoms with Crippen LogP contribution in [0.25, 0.3) is 0 Å². The summed E-state index contributed by atoms with van der Waals surface area (Å²) in [5, 5.41) is 0. The van der Waals surface area contributed by atoms with Gasteiger partial charge in [-0.2, -0.15) is 0 Å². The molecule has 0 saturated carbocycles. The molecule has 0 bridgehead atoms. The first kappa shape index (κ1) is 9.65. The number of nitrogens with one attached hydrogen (secondary N) is 1. The van der Waals surface area contributed by atoms with Crippen molar-refractivity contribution in [2.75, 3.05) is 12.3 Å². The van der Waals surface area contributed by atoms with Crippen LogP contribution in [0, 0.1) is 0 Å². The Morgan fingerprint density at radius 3 is 2.50 bits per heavy atom. The molecule has 1 N–H and O–H groups in total. The van der Waals surface area contributed by atoms with Crippen LogP contribution in [0.15, 0.2) is 12.2 Å². The van der Waals surface area contributed by atoms with Gasteiger partial charge < -0.3 is 0 Å². The molecule has 0 radical (unpaired) electrons. The maximum Gasteiger partial charge on any atom is 0.215 e. The molecule has 0 aromatic heterocycles. The number of rotatable bonds is 4. The standard InChI is InChI=1S/C6H13NO2S/c1-3-5-6-10(8,9)7-4-2/h3,5,7H,4,6H2,1-2H3/b5-3+. The van der Waals surface area contributed by atoms with E-state index in [1.54, 1.807) is 26.0 Å². The lowest BCUT2D eigenvalue weighted by Crippen LogP contribution is -2.24. The van der Waals surface area contributed by atoms with Crippen molar-refractivity contribution in [1.82, 2.24) is 4.72 Å². The topological polar surface area (TPSA) is 46.2 Å². The van der Waals surface area contributed by atoms with Gasteiger partial charge in [0, 0.05) is 6.54 Å². The number of sulfonamides is 1. The summed E-state index contributed by atoms with van der Waals surface area (Å²) in [6, 6.07) is 0. The molecule has 0 aromatic carbocycles. The number of hydrogen-bond acceptors (Lipinski definition) is 2. The van der Waals surface area contributed by atoms with Crippen LogP contribution in [0.5, 0.6) is 0 Å². The second-order valence-corrected chi connectivity index (χ2v) is 3.70. The zero-order chi connectivity index (χ0) is 8.04. The fourth-order valence-corrected chi connectivity index (χ4v) is 1.51. The molecule has 0 unspecified atom stereocenters. The lowest BCUT2D eigenvalue weighted by atomic mass is 10.6. The number of hydrogen-bond donors (Lipinski definition) is 1. The molecule has 0 amide bonds. The van der Waals surface area contributed by atoms with E-state index in [9.17, 15) is 8.42 Å². The van der Waals surface area contributed by atoms with Crippen LogP contribution in [0.1, 0.15) is 13.8 Å². The van der Waals surface area contributed by atoms with E-state index >= 15 is 0 Å². The predicted octanol–water partition coefficient (Wildman–Crippen LogP) is 0.502. The maximum atomic E-state index is 10.8. The highest BCUT2D eigenvalue weighted by Crippen LogP contribution is 1.83. The summed E-state index contributed by atoms with van der Waals surface area (Å²) in [6.45, 7) is 4.01. The largest absolute Gasteiger partial charge is 0.215 e. The van der Waals surface area contributed by atoms with E-state index in [0.29, 0.717) is 6.54 Å². The highest BCUT2D eigenvalue weighted by atomic mass is 32.2. The molecule has 4 heteroatoms. The van der Waals surface area contributed by atoms with Crippen molar-refractivity contribution in [2.24, 2.45) is 0 Å². The SMILES string of the molecule is C/C=C/CS(=O)(=O)NCC. The average molecular weight is 163 g/mol. The van der Waals surface area contributed by atoms with Crippen molar-refractivity contribution in [2.45, 2.75) is 13.8 Å². The van der Waals surface area contributed by atoms with Gasteiger partial charge in [0.05, 0.1) is 5.75 Å². The summed E-state index contributed by atoms with van der Waals surface area (Å²) in [7, 11) is -3.03. The molecule has 0 aliphatic rings. The van der Waals surface area contributed by atoms with Gasteiger partial charge in [0.25, 0.3) is 0 Å². The van der Waals surface area contributed by atoms with E-state index in [0.717, 1.165) is 0 Å². The minimum absolute atomic E-state index is 0.0807. The fourth-order valence-electron chi connectivity index (χ4n) is 0.502. The smallest absolute Gasteiger partial charge is 0.215 e. The quantitative estimate of drug-likeness (QED) is 0.613. The molecule has 60 valence electrons. The van der Waals surface area contributed by atoms with Gasteiger partial charge in [0.2, 0.25) is 10.0 Å². The molecule has 3 nitrogen and oxygen atoms in total. The highest BCUT2D eigenvalue weighted by Gasteiger charge is 2.02. The molecule has 0 aliphatic heterocycles. The second kappa shape index (κ2) is 4.46. The van der Waals surface area contributed by atoms with Gasteiger partial charge >= 0.3 is 0 Å². The van der Waals surface area contributed by atoms with E-state index < -0.39 is 10.0 Å². The zero-order valence-electron chi connectivity index (χ0n) is 6.29. The van der Waals surface area contributed by atoms with Gasteiger partial charge in [-0.1, -0.05) is 19.1 Å². The van der Waals surface area contributed by atoms with E-state index in [2.05, 4.69) is 4.72 Å². The summed E-state index contributed by atoms with van der Waals surface area (Å²) in [5.41, 5.74) is 0. The van der Waals surface area contributed by atoms with Gasteiger partial charge in [0.15, 0.2) is 0 Å². The van der Waals surface area contributed by atoms with Gasteiger partial charge in [-0.15, -0.1) is 0 Å². The van der Waals surface area contributed by atoms with Crippen LogP contribution in [0.2, 0.25) is 0 Å². The van der Waals surface area contributed by atoms with E-state index in [1.807, 2.05) is 0 Å². The maximum absolute atomic E-state index is 10.8. The lowest BCUT2D eigenvalue weighted by molar-refractivity contribution is 0.587. The average Bonchev–Trinajstić information content (AvgIpc) is 1.84. The van der Waals surface area contributed by atoms with Crippen molar-refractivity contribution in [1.29, 1.82) is 0 Å². The Balaban J connectivity index is 3.89. The first-order valence-corrected chi connectivity index (χ1v) is 4.86. The van der Waals surface area contributed by atoms with Crippen LogP contribution in [0.4, 0.5) is 0 Å². The van der Waals surface area contributed by atoms with Crippen LogP contribution in [-0.2, 0) is 10.0 Å². The van der Waals surface area contributed by atoms with Crippen molar-refractivity contribution < 1.29 is 8.42 Å². The third-order valence-corrected chi connectivity index (χ3v) is 2.28. The van der Waals surface area contributed by atoms with Crippen LogP contribution in [-0.4, -0.2) is 20.7 Å².